The molecule has 2 rings (SSSR count). The zero-order valence-electron chi connectivity index (χ0n) is 15.6. The third-order valence-electron chi connectivity index (χ3n) is 3.65. The van der Waals surface area contributed by atoms with Crippen LogP contribution in [0.25, 0.3) is 0 Å². The molecule has 0 atom stereocenters. The SMILES string of the molecule is Cc1ccc(C=NNC(=O)C(=O)Nc2ccccc2OC(F)(F)C(F)F)cc1[N+](=O)[O-]. The van der Waals surface area contributed by atoms with E-state index in [-0.39, 0.29) is 11.3 Å². The molecule has 0 radical (unpaired) electrons. The van der Waals surface area contributed by atoms with Crippen molar-refractivity contribution in [3.8, 4) is 5.75 Å². The minimum Gasteiger partial charge on any atom is -0.426 e. The molecule has 0 spiro atoms. The van der Waals surface area contributed by atoms with Crippen molar-refractivity contribution >= 4 is 29.4 Å². The van der Waals surface area contributed by atoms with Gasteiger partial charge in [0, 0.05) is 17.2 Å². The van der Waals surface area contributed by atoms with Crippen molar-refractivity contribution in [2.24, 2.45) is 5.10 Å². The zero-order valence-corrected chi connectivity index (χ0v) is 15.6. The maximum absolute atomic E-state index is 13.1. The quantitative estimate of drug-likeness (QED) is 0.224. The van der Waals surface area contributed by atoms with E-state index >= 15 is 0 Å². The number of carbonyl (C=O) groups is 2. The standard InChI is InChI=1S/C18H14F4N4O5/c1-10-6-7-11(8-13(10)26(29)30)9-23-25-16(28)15(27)24-12-4-2-3-5-14(12)31-18(21,22)17(19)20/h2-9,17H,1H3,(H,24,27)(H,25,28). The van der Waals surface area contributed by atoms with Gasteiger partial charge in [-0.25, -0.2) is 5.43 Å². The van der Waals surface area contributed by atoms with Crippen molar-refractivity contribution < 1.29 is 36.8 Å². The number of hydrogen-bond acceptors (Lipinski definition) is 6. The number of amides is 2. The highest BCUT2D eigenvalue weighted by molar-refractivity contribution is 6.39. The fraction of sp³-hybridized carbons (Fsp3) is 0.167. The molecule has 13 heteroatoms. The van der Waals surface area contributed by atoms with Gasteiger partial charge in [0.05, 0.1) is 16.8 Å². The number of nitro groups is 1. The van der Waals surface area contributed by atoms with E-state index < -0.39 is 40.7 Å². The number of nitrogens with zero attached hydrogens (tertiary/aromatic N) is 2. The Bertz CT molecular complexity index is 1030. The van der Waals surface area contributed by atoms with E-state index in [9.17, 15) is 37.3 Å². The Kier molecular flexibility index (Phi) is 7.24. The number of ether oxygens (including phenoxy) is 1. The summed E-state index contributed by atoms with van der Waals surface area (Å²) in [5.74, 6) is -3.47. The van der Waals surface area contributed by atoms with E-state index in [0.29, 0.717) is 5.56 Å². The second kappa shape index (κ2) is 9.65. The van der Waals surface area contributed by atoms with Crippen LogP contribution in [0.3, 0.4) is 0 Å². The monoisotopic (exact) mass is 442 g/mol. The van der Waals surface area contributed by atoms with Gasteiger partial charge in [-0.1, -0.05) is 24.3 Å². The van der Waals surface area contributed by atoms with Crippen molar-refractivity contribution in [2.45, 2.75) is 19.5 Å². The molecule has 0 aliphatic heterocycles. The number of alkyl halides is 4. The van der Waals surface area contributed by atoms with Crippen LogP contribution < -0.4 is 15.5 Å². The minimum atomic E-state index is -4.82. The molecule has 2 amide bonds. The van der Waals surface area contributed by atoms with Gasteiger partial charge >= 0.3 is 24.3 Å². The highest BCUT2D eigenvalue weighted by Crippen LogP contribution is 2.32. The van der Waals surface area contributed by atoms with Crippen LogP contribution in [0.15, 0.2) is 47.6 Å². The first-order valence-corrected chi connectivity index (χ1v) is 8.34. The van der Waals surface area contributed by atoms with Crippen molar-refractivity contribution in [3.05, 3.63) is 63.7 Å². The van der Waals surface area contributed by atoms with E-state index in [1.807, 2.05) is 10.7 Å². The molecule has 0 heterocycles. The number of nitro benzene ring substituents is 1. The maximum atomic E-state index is 13.1. The van der Waals surface area contributed by atoms with Crippen molar-refractivity contribution in [2.75, 3.05) is 5.32 Å². The Morgan fingerprint density at radius 2 is 1.87 bits per heavy atom. The summed E-state index contributed by atoms with van der Waals surface area (Å²) in [6.45, 7) is 1.53. The van der Waals surface area contributed by atoms with Crippen LogP contribution >= 0.6 is 0 Å². The Hall–Kier alpha value is -4.03. The highest BCUT2D eigenvalue weighted by atomic mass is 19.3. The molecule has 2 aromatic rings. The smallest absolute Gasteiger partial charge is 0.426 e. The average molecular weight is 442 g/mol. The number of aryl methyl sites for hydroxylation is 1. The normalized spacial score (nSPS) is 11.4. The van der Waals surface area contributed by atoms with Crippen LogP contribution in [0.5, 0.6) is 5.75 Å². The number of nitrogens with one attached hydrogen (secondary N) is 2. The fourth-order valence-corrected chi connectivity index (χ4v) is 2.15. The van der Waals surface area contributed by atoms with Crippen LogP contribution in [0.1, 0.15) is 11.1 Å². The fourth-order valence-electron chi connectivity index (χ4n) is 2.15. The summed E-state index contributed by atoms with van der Waals surface area (Å²) >= 11 is 0. The number of hydrogen-bond donors (Lipinski definition) is 2. The molecule has 0 unspecified atom stereocenters. The van der Waals surface area contributed by atoms with Gasteiger partial charge in [-0.2, -0.15) is 22.7 Å². The second-order valence-electron chi connectivity index (χ2n) is 5.92. The molecule has 9 nitrogen and oxygen atoms in total. The Labute approximate surface area is 171 Å². The van der Waals surface area contributed by atoms with Gasteiger partial charge in [-0.05, 0) is 19.1 Å². The summed E-state index contributed by atoms with van der Waals surface area (Å²) < 4.78 is 54.8. The molecule has 0 aliphatic carbocycles. The predicted octanol–water partition coefficient (Wildman–Crippen LogP) is 3.23. The van der Waals surface area contributed by atoms with Crippen LogP contribution in [0.2, 0.25) is 0 Å². The third-order valence-corrected chi connectivity index (χ3v) is 3.65. The van der Waals surface area contributed by atoms with Gasteiger partial charge in [0.1, 0.15) is 5.75 Å². The molecular formula is C18H14F4N4O5. The largest absolute Gasteiger partial charge is 0.461 e. The van der Waals surface area contributed by atoms with Crippen LogP contribution in [-0.4, -0.2) is 35.5 Å². The first-order chi connectivity index (χ1) is 14.5. The molecule has 0 saturated carbocycles. The Morgan fingerprint density at radius 3 is 2.52 bits per heavy atom. The number of hydrazone groups is 1. The Balaban J connectivity index is 2.04. The molecule has 2 N–H and O–H groups in total. The molecule has 0 saturated heterocycles. The van der Waals surface area contributed by atoms with E-state index in [2.05, 4.69) is 9.84 Å². The number of halogens is 4. The molecule has 164 valence electrons. The predicted molar refractivity (Wildman–Crippen MR) is 100 cm³/mol. The van der Waals surface area contributed by atoms with Gasteiger partial charge in [-0.3, -0.25) is 19.7 Å². The van der Waals surface area contributed by atoms with Gasteiger partial charge in [0.25, 0.3) is 5.69 Å². The number of para-hydroxylation sites is 2. The van der Waals surface area contributed by atoms with Crippen molar-refractivity contribution in [3.63, 3.8) is 0 Å². The lowest BCUT2D eigenvalue weighted by Crippen LogP contribution is -2.35. The van der Waals surface area contributed by atoms with E-state index in [1.54, 1.807) is 0 Å². The number of anilines is 1. The lowest BCUT2D eigenvalue weighted by Gasteiger charge is -2.19. The molecule has 0 fully saturated rings. The maximum Gasteiger partial charge on any atom is 0.461 e. The van der Waals surface area contributed by atoms with Crippen LogP contribution in [0, 0.1) is 17.0 Å². The summed E-state index contributed by atoms with van der Waals surface area (Å²) in [6.07, 6.45) is -7.89. The van der Waals surface area contributed by atoms with Gasteiger partial charge in [0.2, 0.25) is 0 Å². The molecular weight excluding hydrogens is 428 g/mol. The van der Waals surface area contributed by atoms with E-state index in [0.717, 1.165) is 18.3 Å². The summed E-state index contributed by atoms with van der Waals surface area (Å²) in [5, 5.41) is 16.3. The lowest BCUT2D eigenvalue weighted by molar-refractivity contribution is -0.385. The van der Waals surface area contributed by atoms with Gasteiger partial charge in [0.15, 0.2) is 0 Å². The summed E-state index contributed by atoms with van der Waals surface area (Å²) in [4.78, 5) is 34.0. The molecule has 31 heavy (non-hydrogen) atoms. The highest BCUT2D eigenvalue weighted by Gasteiger charge is 2.44. The first kappa shape index (κ1) is 23.3. The van der Waals surface area contributed by atoms with Crippen LogP contribution in [0.4, 0.5) is 28.9 Å². The lowest BCUT2D eigenvalue weighted by atomic mass is 10.1. The zero-order chi connectivity index (χ0) is 23.2. The summed E-state index contributed by atoms with van der Waals surface area (Å²) in [6, 6.07) is 8.56. The minimum absolute atomic E-state index is 0.176. The molecule has 0 bridgehead atoms. The van der Waals surface area contributed by atoms with Gasteiger partial charge in [-0.15, -0.1) is 0 Å². The average Bonchev–Trinajstić information content (AvgIpc) is 2.70. The van der Waals surface area contributed by atoms with E-state index in [4.69, 9.17) is 0 Å². The van der Waals surface area contributed by atoms with Crippen molar-refractivity contribution in [1.82, 2.24) is 5.43 Å². The van der Waals surface area contributed by atoms with E-state index in [1.165, 1.54) is 37.3 Å². The number of benzene rings is 2. The summed E-state index contributed by atoms with van der Waals surface area (Å²) in [5.41, 5.74) is 1.87. The number of rotatable bonds is 7. The van der Waals surface area contributed by atoms with Crippen molar-refractivity contribution in [1.29, 1.82) is 0 Å². The second-order valence-corrected chi connectivity index (χ2v) is 5.92. The molecule has 0 aliphatic rings. The summed E-state index contributed by atoms with van der Waals surface area (Å²) in [7, 11) is 0. The van der Waals surface area contributed by atoms with Gasteiger partial charge < -0.3 is 10.1 Å². The topological polar surface area (TPSA) is 123 Å². The number of carbonyl (C=O) groups excluding carboxylic acids is 2. The van der Waals surface area contributed by atoms with Crippen LogP contribution in [-0.2, 0) is 9.59 Å². The Morgan fingerprint density at radius 1 is 1.19 bits per heavy atom. The molecule has 0 aromatic heterocycles. The first-order valence-electron chi connectivity index (χ1n) is 8.34. The third kappa shape index (κ3) is 6.22. The molecule has 2 aromatic carbocycles.